The number of carbonyl (C=O) groups excluding carboxylic acids is 1. The molecule has 0 heterocycles. The summed E-state index contributed by atoms with van der Waals surface area (Å²) < 4.78 is 0. The van der Waals surface area contributed by atoms with E-state index in [0.29, 0.717) is 11.4 Å². The summed E-state index contributed by atoms with van der Waals surface area (Å²) in [4.78, 5) is 12.1. The van der Waals surface area contributed by atoms with Crippen LogP contribution in [0.25, 0.3) is 0 Å². The summed E-state index contributed by atoms with van der Waals surface area (Å²) in [7, 11) is 0. The summed E-state index contributed by atoms with van der Waals surface area (Å²) in [6.07, 6.45) is 1.84. The van der Waals surface area contributed by atoms with E-state index in [1.165, 1.54) is 0 Å². The lowest BCUT2D eigenvalue weighted by molar-refractivity contribution is 0.0901. The molecule has 0 unspecified atom stereocenters. The van der Waals surface area contributed by atoms with Crippen molar-refractivity contribution < 1.29 is 4.79 Å². The molecule has 3 heteroatoms. The molecular formula is C14H20ClNO. The van der Waals surface area contributed by atoms with Crippen molar-refractivity contribution in [2.24, 2.45) is 0 Å². The minimum absolute atomic E-state index is 0.0248. The van der Waals surface area contributed by atoms with E-state index >= 15 is 0 Å². The summed E-state index contributed by atoms with van der Waals surface area (Å²) in [5.41, 5.74) is 1.51. The lowest BCUT2D eigenvalue weighted by Crippen LogP contribution is -2.44. The summed E-state index contributed by atoms with van der Waals surface area (Å²) in [5, 5.41) is 3.08. The van der Waals surface area contributed by atoms with Crippen molar-refractivity contribution in [3.63, 3.8) is 0 Å². The first-order chi connectivity index (χ1) is 8.04. The molecule has 94 valence electrons. The van der Waals surface area contributed by atoms with Gasteiger partial charge < -0.3 is 5.32 Å². The van der Waals surface area contributed by atoms with Crippen LogP contribution >= 0.6 is 11.6 Å². The molecular weight excluding hydrogens is 234 g/mol. The second-order valence-electron chi connectivity index (χ2n) is 4.56. The third-order valence-electron chi connectivity index (χ3n) is 3.32. The number of nitrogens with one attached hydrogen (secondary N) is 1. The van der Waals surface area contributed by atoms with E-state index in [9.17, 15) is 4.79 Å². The average molecular weight is 254 g/mol. The third kappa shape index (κ3) is 3.74. The number of alkyl halides is 1. The number of benzene rings is 1. The van der Waals surface area contributed by atoms with Crippen LogP contribution in [-0.4, -0.2) is 11.4 Å². The van der Waals surface area contributed by atoms with Gasteiger partial charge in [-0.05, 0) is 37.5 Å². The van der Waals surface area contributed by atoms with E-state index in [-0.39, 0.29) is 11.4 Å². The SMILES string of the molecule is CCC(C)(CC)NC(=O)c1cccc(CCl)c1. The molecule has 0 radical (unpaired) electrons. The standard InChI is InChI=1S/C14H20ClNO/c1-4-14(3,5-2)16-13(17)12-8-6-7-11(9-12)10-15/h6-9H,4-5,10H2,1-3H3,(H,16,17). The highest BCUT2D eigenvalue weighted by atomic mass is 35.5. The van der Waals surface area contributed by atoms with Gasteiger partial charge in [0.1, 0.15) is 0 Å². The second-order valence-corrected chi connectivity index (χ2v) is 4.82. The predicted octanol–water partition coefficient (Wildman–Crippen LogP) is 3.73. The van der Waals surface area contributed by atoms with Crippen molar-refractivity contribution in [3.05, 3.63) is 35.4 Å². The number of carbonyl (C=O) groups is 1. The zero-order valence-corrected chi connectivity index (χ0v) is 11.5. The maximum absolute atomic E-state index is 12.1. The second kappa shape index (κ2) is 6.06. The molecule has 0 saturated heterocycles. The van der Waals surface area contributed by atoms with Gasteiger partial charge in [0, 0.05) is 17.0 Å². The van der Waals surface area contributed by atoms with Gasteiger partial charge in [-0.25, -0.2) is 0 Å². The van der Waals surface area contributed by atoms with Crippen molar-refractivity contribution in [3.8, 4) is 0 Å². The highest BCUT2D eigenvalue weighted by Gasteiger charge is 2.22. The van der Waals surface area contributed by atoms with Gasteiger partial charge in [0.25, 0.3) is 5.91 Å². The van der Waals surface area contributed by atoms with Crippen LogP contribution in [0.15, 0.2) is 24.3 Å². The van der Waals surface area contributed by atoms with Gasteiger partial charge >= 0.3 is 0 Å². The lowest BCUT2D eigenvalue weighted by Gasteiger charge is -2.28. The molecule has 2 nitrogen and oxygen atoms in total. The zero-order chi connectivity index (χ0) is 12.9. The molecule has 1 amide bonds. The summed E-state index contributed by atoms with van der Waals surface area (Å²) in [6.45, 7) is 6.23. The largest absolute Gasteiger partial charge is 0.347 e. The topological polar surface area (TPSA) is 29.1 Å². The van der Waals surface area contributed by atoms with E-state index in [1.54, 1.807) is 0 Å². The summed E-state index contributed by atoms with van der Waals surface area (Å²) in [6, 6.07) is 7.44. The number of halogens is 1. The van der Waals surface area contributed by atoms with Gasteiger partial charge in [0.05, 0.1) is 0 Å². The van der Waals surface area contributed by atoms with Crippen molar-refractivity contribution >= 4 is 17.5 Å². The number of hydrogen-bond acceptors (Lipinski definition) is 1. The predicted molar refractivity (Wildman–Crippen MR) is 72.5 cm³/mol. The monoisotopic (exact) mass is 253 g/mol. The van der Waals surface area contributed by atoms with Gasteiger partial charge in [0.2, 0.25) is 0 Å². The molecule has 1 rings (SSSR count). The Bertz CT molecular complexity index is 386. The third-order valence-corrected chi connectivity index (χ3v) is 3.63. The van der Waals surface area contributed by atoms with E-state index in [1.807, 2.05) is 24.3 Å². The molecule has 0 fully saturated rings. The van der Waals surface area contributed by atoms with E-state index in [2.05, 4.69) is 26.1 Å². The molecule has 0 aliphatic rings. The highest BCUT2D eigenvalue weighted by molar-refractivity contribution is 6.17. The molecule has 0 aliphatic heterocycles. The van der Waals surface area contributed by atoms with Crippen molar-refractivity contribution in [2.75, 3.05) is 0 Å². The van der Waals surface area contributed by atoms with Crippen LogP contribution in [0.3, 0.4) is 0 Å². The molecule has 17 heavy (non-hydrogen) atoms. The van der Waals surface area contributed by atoms with Gasteiger partial charge in [-0.15, -0.1) is 11.6 Å². The first-order valence-electron chi connectivity index (χ1n) is 6.02. The average Bonchev–Trinajstić information content (AvgIpc) is 2.38. The Labute approximate surface area is 108 Å². The molecule has 0 saturated carbocycles. The molecule has 0 bridgehead atoms. The van der Waals surface area contributed by atoms with E-state index < -0.39 is 0 Å². The van der Waals surface area contributed by atoms with Crippen molar-refractivity contribution in [2.45, 2.75) is 45.0 Å². The number of amides is 1. The van der Waals surface area contributed by atoms with Gasteiger partial charge in [-0.3, -0.25) is 4.79 Å². The highest BCUT2D eigenvalue weighted by Crippen LogP contribution is 2.15. The summed E-state index contributed by atoms with van der Waals surface area (Å²) >= 11 is 5.76. The Morgan fingerprint density at radius 1 is 1.35 bits per heavy atom. The van der Waals surface area contributed by atoms with Gasteiger partial charge in [0.15, 0.2) is 0 Å². The van der Waals surface area contributed by atoms with Gasteiger partial charge in [-0.2, -0.15) is 0 Å². The Balaban J connectivity index is 2.82. The minimum atomic E-state index is -0.131. The quantitative estimate of drug-likeness (QED) is 0.796. The number of hydrogen-bond donors (Lipinski definition) is 1. The first-order valence-corrected chi connectivity index (χ1v) is 6.55. The Morgan fingerprint density at radius 3 is 2.53 bits per heavy atom. The van der Waals surface area contributed by atoms with Crippen molar-refractivity contribution in [1.82, 2.24) is 5.32 Å². The fourth-order valence-corrected chi connectivity index (χ4v) is 1.73. The Morgan fingerprint density at radius 2 is 2.00 bits per heavy atom. The van der Waals surface area contributed by atoms with Crippen LogP contribution in [0.4, 0.5) is 0 Å². The zero-order valence-electron chi connectivity index (χ0n) is 10.7. The van der Waals surface area contributed by atoms with E-state index in [4.69, 9.17) is 11.6 Å². The fraction of sp³-hybridized carbons (Fsp3) is 0.500. The smallest absolute Gasteiger partial charge is 0.251 e. The maximum atomic E-state index is 12.1. The van der Waals surface area contributed by atoms with Crippen LogP contribution in [0.5, 0.6) is 0 Å². The van der Waals surface area contributed by atoms with E-state index in [0.717, 1.165) is 18.4 Å². The molecule has 1 N–H and O–H groups in total. The molecule has 1 aromatic carbocycles. The molecule has 0 aromatic heterocycles. The lowest BCUT2D eigenvalue weighted by atomic mass is 9.95. The minimum Gasteiger partial charge on any atom is -0.347 e. The van der Waals surface area contributed by atoms with Crippen molar-refractivity contribution in [1.29, 1.82) is 0 Å². The van der Waals surface area contributed by atoms with Gasteiger partial charge in [-0.1, -0.05) is 26.0 Å². The molecule has 0 aliphatic carbocycles. The van der Waals surface area contributed by atoms with Crippen LogP contribution in [0.2, 0.25) is 0 Å². The van der Waals surface area contributed by atoms with Crippen LogP contribution < -0.4 is 5.32 Å². The van der Waals surface area contributed by atoms with Crippen LogP contribution in [0, 0.1) is 0 Å². The Hall–Kier alpha value is -1.02. The van der Waals surface area contributed by atoms with Crippen LogP contribution in [0.1, 0.15) is 49.5 Å². The number of rotatable bonds is 5. The molecule has 0 spiro atoms. The Kier molecular flexibility index (Phi) is 5.01. The summed E-state index contributed by atoms with van der Waals surface area (Å²) in [5.74, 6) is 0.406. The maximum Gasteiger partial charge on any atom is 0.251 e. The molecule has 1 aromatic rings. The molecule has 0 atom stereocenters. The normalized spacial score (nSPS) is 11.3. The van der Waals surface area contributed by atoms with Crippen LogP contribution in [-0.2, 0) is 5.88 Å². The fourth-order valence-electron chi connectivity index (χ4n) is 1.57. The first kappa shape index (κ1) is 14.0.